The number of amides is 1. The number of nitriles is 1. The van der Waals surface area contributed by atoms with Crippen molar-refractivity contribution < 1.29 is 9.53 Å². The van der Waals surface area contributed by atoms with Crippen LogP contribution in [0.1, 0.15) is 35.3 Å². The molecule has 0 unspecified atom stereocenters. The Morgan fingerprint density at radius 3 is 2.66 bits per heavy atom. The highest BCUT2D eigenvalue weighted by Crippen LogP contribution is 2.28. The number of rotatable bonds is 5. The highest BCUT2D eigenvalue weighted by molar-refractivity contribution is 6.04. The molecule has 6 nitrogen and oxygen atoms in total. The van der Waals surface area contributed by atoms with Crippen LogP contribution in [0.15, 0.2) is 60.8 Å². The number of aromatic nitrogens is 1. The molecule has 0 aliphatic heterocycles. The van der Waals surface area contributed by atoms with E-state index in [-0.39, 0.29) is 5.91 Å². The van der Waals surface area contributed by atoms with E-state index in [1.165, 1.54) is 0 Å². The molecule has 29 heavy (non-hydrogen) atoms. The quantitative estimate of drug-likeness (QED) is 0.655. The van der Waals surface area contributed by atoms with Crippen LogP contribution in [-0.4, -0.2) is 10.9 Å². The van der Waals surface area contributed by atoms with Gasteiger partial charge < -0.3 is 15.8 Å². The van der Waals surface area contributed by atoms with Crippen LogP contribution in [0.5, 0.6) is 11.5 Å². The van der Waals surface area contributed by atoms with Crippen molar-refractivity contribution in [1.29, 1.82) is 5.26 Å². The summed E-state index contributed by atoms with van der Waals surface area (Å²) in [5, 5.41) is 12.2. The smallest absolute Gasteiger partial charge is 0.255 e. The average Bonchev–Trinajstić information content (AvgIpc) is 2.72. The second-order valence-corrected chi connectivity index (χ2v) is 7.27. The van der Waals surface area contributed by atoms with Crippen LogP contribution in [0.3, 0.4) is 0 Å². The van der Waals surface area contributed by atoms with Crippen LogP contribution < -0.4 is 15.8 Å². The van der Waals surface area contributed by atoms with Gasteiger partial charge in [0.15, 0.2) is 0 Å². The highest BCUT2D eigenvalue weighted by atomic mass is 16.5. The van der Waals surface area contributed by atoms with Crippen LogP contribution >= 0.6 is 0 Å². The summed E-state index contributed by atoms with van der Waals surface area (Å²) in [5.41, 5.74) is 7.71. The molecule has 3 rings (SSSR count). The molecule has 0 fully saturated rings. The van der Waals surface area contributed by atoms with Gasteiger partial charge in [-0.1, -0.05) is 18.2 Å². The number of nitrogens with zero attached hydrogens (tertiary/aromatic N) is 2. The molecule has 0 saturated heterocycles. The number of aryl methyl sites for hydroxylation is 1. The summed E-state index contributed by atoms with van der Waals surface area (Å²) in [6.45, 7) is 5.55. The van der Waals surface area contributed by atoms with Crippen molar-refractivity contribution in [3.8, 4) is 17.6 Å². The number of anilines is 2. The Morgan fingerprint density at radius 1 is 1.17 bits per heavy atom. The summed E-state index contributed by atoms with van der Waals surface area (Å²) in [7, 11) is 0. The van der Waals surface area contributed by atoms with Gasteiger partial charge in [-0.25, -0.2) is 4.98 Å². The van der Waals surface area contributed by atoms with Crippen molar-refractivity contribution in [1.82, 2.24) is 4.98 Å². The van der Waals surface area contributed by atoms with Crippen LogP contribution in [0, 0.1) is 18.3 Å². The van der Waals surface area contributed by atoms with Gasteiger partial charge in [0.25, 0.3) is 5.91 Å². The number of nitrogens with two attached hydrogens (primary N) is 1. The minimum absolute atomic E-state index is 0.260. The third-order valence-corrected chi connectivity index (χ3v) is 4.56. The number of carbonyl (C=O) groups excluding carboxylic acids is 1. The van der Waals surface area contributed by atoms with Crippen LogP contribution in [0.4, 0.5) is 11.5 Å². The molecule has 2 aromatic carbocycles. The lowest BCUT2D eigenvalue weighted by Crippen LogP contribution is -2.17. The molecular weight excluding hydrogens is 364 g/mol. The standard InChI is InChI=1S/C23H22N4O2/c1-15-7-8-18(12-20(15)29-19-9-10-21(25)26-13-19)27-22(28)16-5-4-6-17(11-16)23(2,3)14-24/h4-13H,1-3H3,(H2,25,26)(H,27,28). The zero-order valence-corrected chi connectivity index (χ0v) is 16.6. The van der Waals surface area contributed by atoms with E-state index in [1.807, 2.05) is 39.0 Å². The number of carbonyl (C=O) groups is 1. The maximum atomic E-state index is 12.7. The first-order valence-corrected chi connectivity index (χ1v) is 9.12. The third kappa shape index (κ3) is 4.71. The van der Waals surface area contributed by atoms with Crippen molar-refractivity contribution in [2.24, 2.45) is 0 Å². The van der Waals surface area contributed by atoms with Gasteiger partial charge in [0, 0.05) is 17.3 Å². The van der Waals surface area contributed by atoms with Crippen molar-refractivity contribution in [2.45, 2.75) is 26.2 Å². The molecule has 0 bridgehead atoms. The minimum atomic E-state index is -0.672. The molecule has 1 amide bonds. The lowest BCUT2D eigenvalue weighted by Gasteiger charge is -2.16. The van der Waals surface area contributed by atoms with E-state index in [0.717, 1.165) is 11.1 Å². The average molecular weight is 386 g/mol. The monoisotopic (exact) mass is 386 g/mol. The zero-order valence-electron chi connectivity index (χ0n) is 16.6. The predicted octanol–water partition coefficient (Wildman–Crippen LogP) is 4.82. The van der Waals surface area contributed by atoms with Crippen molar-refractivity contribution >= 4 is 17.4 Å². The van der Waals surface area contributed by atoms with Gasteiger partial charge in [-0.15, -0.1) is 0 Å². The molecule has 0 aliphatic rings. The summed E-state index contributed by atoms with van der Waals surface area (Å²) in [4.78, 5) is 16.7. The van der Waals surface area contributed by atoms with Crippen molar-refractivity contribution in [2.75, 3.05) is 11.1 Å². The van der Waals surface area contributed by atoms with Gasteiger partial charge in [-0.05, 0) is 62.2 Å². The van der Waals surface area contributed by atoms with Gasteiger partial charge in [-0.2, -0.15) is 5.26 Å². The predicted molar refractivity (Wildman–Crippen MR) is 113 cm³/mol. The molecule has 0 saturated carbocycles. The van der Waals surface area contributed by atoms with Crippen LogP contribution in [0.25, 0.3) is 0 Å². The van der Waals surface area contributed by atoms with E-state index >= 15 is 0 Å². The van der Waals surface area contributed by atoms with Gasteiger partial charge >= 0.3 is 0 Å². The van der Waals surface area contributed by atoms with Crippen molar-refractivity contribution in [3.63, 3.8) is 0 Å². The summed E-state index contributed by atoms with van der Waals surface area (Å²) in [6, 6.07) is 18.2. The molecule has 0 radical (unpaired) electrons. The Bertz CT molecular complexity index is 1080. The van der Waals surface area contributed by atoms with E-state index in [1.54, 1.807) is 42.6 Å². The largest absolute Gasteiger partial charge is 0.455 e. The molecule has 6 heteroatoms. The topological polar surface area (TPSA) is 101 Å². The van der Waals surface area contributed by atoms with Gasteiger partial charge in [0.2, 0.25) is 0 Å². The SMILES string of the molecule is Cc1ccc(NC(=O)c2cccc(C(C)(C)C#N)c2)cc1Oc1ccc(N)nc1. The lowest BCUT2D eigenvalue weighted by molar-refractivity contribution is 0.102. The van der Waals surface area contributed by atoms with Crippen molar-refractivity contribution in [3.05, 3.63) is 77.5 Å². The molecule has 0 atom stereocenters. The first kappa shape index (κ1) is 19.9. The maximum absolute atomic E-state index is 12.7. The molecule has 1 heterocycles. The maximum Gasteiger partial charge on any atom is 0.255 e. The Labute approximate surface area is 170 Å². The van der Waals surface area contributed by atoms with E-state index in [4.69, 9.17) is 10.5 Å². The molecular formula is C23H22N4O2. The second kappa shape index (κ2) is 8.03. The van der Waals surface area contributed by atoms with Crippen LogP contribution in [0.2, 0.25) is 0 Å². The fourth-order valence-electron chi connectivity index (χ4n) is 2.68. The number of hydrogen-bond donors (Lipinski definition) is 2. The molecule has 1 aromatic heterocycles. The normalized spacial score (nSPS) is 10.8. The fourth-order valence-corrected chi connectivity index (χ4v) is 2.68. The first-order chi connectivity index (χ1) is 13.8. The number of ether oxygens (including phenoxy) is 1. The summed E-state index contributed by atoms with van der Waals surface area (Å²) >= 11 is 0. The lowest BCUT2D eigenvalue weighted by atomic mass is 9.85. The van der Waals surface area contributed by atoms with Gasteiger partial charge in [0.1, 0.15) is 17.3 Å². The van der Waals surface area contributed by atoms with Gasteiger partial charge in [0.05, 0.1) is 17.7 Å². The summed E-state index contributed by atoms with van der Waals surface area (Å²) in [6.07, 6.45) is 1.54. The third-order valence-electron chi connectivity index (χ3n) is 4.56. The van der Waals surface area contributed by atoms with Gasteiger partial charge in [-0.3, -0.25) is 4.79 Å². The summed E-state index contributed by atoms with van der Waals surface area (Å²) in [5.74, 6) is 1.31. The number of nitrogen functional groups attached to an aromatic ring is 1. The van der Waals surface area contributed by atoms with E-state index in [0.29, 0.717) is 28.6 Å². The molecule has 0 spiro atoms. The fraction of sp³-hybridized carbons (Fsp3) is 0.174. The number of pyridine rings is 1. The van der Waals surface area contributed by atoms with E-state index in [2.05, 4.69) is 16.4 Å². The molecule has 146 valence electrons. The minimum Gasteiger partial charge on any atom is -0.455 e. The first-order valence-electron chi connectivity index (χ1n) is 9.12. The molecule has 0 aliphatic carbocycles. The highest BCUT2D eigenvalue weighted by Gasteiger charge is 2.21. The second-order valence-electron chi connectivity index (χ2n) is 7.27. The van der Waals surface area contributed by atoms with E-state index in [9.17, 15) is 10.1 Å². The zero-order chi connectivity index (χ0) is 21.0. The summed E-state index contributed by atoms with van der Waals surface area (Å²) < 4.78 is 5.87. The van der Waals surface area contributed by atoms with Crippen LogP contribution in [-0.2, 0) is 5.41 Å². The molecule has 3 aromatic rings. The number of benzene rings is 2. The Balaban J connectivity index is 1.80. The number of nitrogens with one attached hydrogen (secondary N) is 1. The molecule has 3 N–H and O–H groups in total. The Hall–Kier alpha value is -3.85. The Morgan fingerprint density at radius 2 is 1.97 bits per heavy atom. The number of hydrogen-bond acceptors (Lipinski definition) is 5. The Kier molecular flexibility index (Phi) is 5.51. The van der Waals surface area contributed by atoms with E-state index < -0.39 is 5.41 Å².